The molecular weight excluding hydrogens is 267 g/mol. The van der Waals surface area contributed by atoms with Gasteiger partial charge in [-0.15, -0.1) is 0 Å². The highest BCUT2D eigenvalue weighted by Gasteiger charge is 2.66. The summed E-state index contributed by atoms with van der Waals surface area (Å²) >= 11 is 12.2. The van der Waals surface area contributed by atoms with Crippen LogP contribution in [-0.2, 0) is 0 Å². The first-order chi connectivity index (χ1) is 8.66. The molecule has 96 valence electrons. The van der Waals surface area contributed by atoms with E-state index in [0.717, 1.165) is 29.2 Å². The Bertz CT molecular complexity index is 485. The van der Waals surface area contributed by atoms with Crippen LogP contribution in [0, 0.1) is 29.6 Å². The molecule has 0 amide bonds. The zero-order valence-corrected chi connectivity index (χ0v) is 11.5. The predicted octanol–water partition coefficient (Wildman–Crippen LogP) is 4.32. The predicted molar refractivity (Wildman–Crippen MR) is 72.7 cm³/mol. The van der Waals surface area contributed by atoms with Gasteiger partial charge >= 0.3 is 0 Å². The summed E-state index contributed by atoms with van der Waals surface area (Å²) in [6.07, 6.45) is 3.73. The van der Waals surface area contributed by atoms with Gasteiger partial charge in [0.1, 0.15) is 0 Å². The van der Waals surface area contributed by atoms with E-state index in [1.807, 2.05) is 6.07 Å². The van der Waals surface area contributed by atoms with Crippen molar-refractivity contribution in [1.29, 1.82) is 0 Å². The summed E-state index contributed by atoms with van der Waals surface area (Å²) in [6, 6.07) is 5.39. The SMILES string of the molecule is OC(c1cc(Cl)ccc1Cl)C1C2C3CCC(C3)C21. The number of hydrogen-bond acceptors (Lipinski definition) is 1. The largest absolute Gasteiger partial charge is 0.388 e. The lowest BCUT2D eigenvalue weighted by atomic mass is 9.95. The normalized spacial score (nSPS) is 41.8. The minimum Gasteiger partial charge on any atom is -0.388 e. The molecule has 3 saturated carbocycles. The lowest BCUT2D eigenvalue weighted by Gasteiger charge is -2.17. The second-order valence-corrected chi connectivity index (χ2v) is 7.02. The molecule has 18 heavy (non-hydrogen) atoms. The molecule has 3 heteroatoms. The van der Waals surface area contributed by atoms with Gasteiger partial charge in [0, 0.05) is 15.6 Å². The molecule has 2 bridgehead atoms. The average Bonchev–Trinajstić information content (AvgIpc) is 2.79. The van der Waals surface area contributed by atoms with Gasteiger partial charge in [-0.3, -0.25) is 0 Å². The van der Waals surface area contributed by atoms with Crippen LogP contribution in [0.15, 0.2) is 18.2 Å². The van der Waals surface area contributed by atoms with Crippen molar-refractivity contribution in [1.82, 2.24) is 0 Å². The molecule has 0 spiro atoms. The van der Waals surface area contributed by atoms with Crippen LogP contribution in [0.5, 0.6) is 0 Å². The van der Waals surface area contributed by atoms with Gasteiger partial charge in [-0.1, -0.05) is 23.2 Å². The van der Waals surface area contributed by atoms with E-state index < -0.39 is 6.10 Å². The molecule has 1 N–H and O–H groups in total. The summed E-state index contributed by atoms with van der Waals surface area (Å²) in [7, 11) is 0. The summed E-state index contributed by atoms with van der Waals surface area (Å²) in [4.78, 5) is 0. The maximum absolute atomic E-state index is 10.6. The Morgan fingerprint density at radius 3 is 2.44 bits per heavy atom. The lowest BCUT2D eigenvalue weighted by molar-refractivity contribution is 0.130. The molecule has 3 aliphatic carbocycles. The molecule has 0 heterocycles. The molecule has 0 aromatic heterocycles. The van der Waals surface area contributed by atoms with Gasteiger partial charge in [0.05, 0.1) is 6.10 Å². The summed E-state index contributed by atoms with van der Waals surface area (Å²) in [5, 5.41) is 11.9. The van der Waals surface area contributed by atoms with Crippen LogP contribution in [-0.4, -0.2) is 5.11 Å². The Morgan fingerprint density at radius 2 is 1.78 bits per heavy atom. The second kappa shape index (κ2) is 3.88. The first-order valence-corrected chi connectivity index (χ1v) is 7.55. The van der Waals surface area contributed by atoms with E-state index in [1.54, 1.807) is 12.1 Å². The molecule has 0 saturated heterocycles. The number of aliphatic hydroxyl groups excluding tert-OH is 1. The molecule has 1 aromatic rings. The minimum absolute atomic E-state index is 0.422. The first-order valence-electron chi connectivity index (χ1n) is 6.80. The highest BCUT2D eigenvalue weighted by molar-refractivity contribution is 6.33. The Kier molecular flexibility index (Phi) is 2.49. The van der Waals surface area contributed by atoms with Crippen LogP contribution in [0.3, 0.4) is 0 Å². The van der Waals surface area contributed by atoms with Gasteiger partial charge in [0.2, 0.25) is 0 Å². The Morgan fingerprint density at radius 1 is 1.11 bits per heavy atom. The van der Waals surface area contributed by atoms with Crippen molar-refractivity contribution < 1.29 is 5.11 Å². The van der Waals surface area contributed by atoms with E-state index in [1.165, 1.54) is 19.3 Å². The van der Waals surface area contributed by atoms with Crippen molar-refractivity contribution in [2.45, 2.75) is 25.4 Å². The van der Waals surface area contributed by atoms with Crippen LogP contribution in [0.4, 0.5) is 0 Å². The highest BCUT2D eigenvalue weighted by atomic mass is 35.5. The van der Waals surface area contributed by atoms with E-state index in [0.29, 0.717) is 16.0 Å². The summed E-state index contributed by atoms with van der Waals surface area (Å²) < 4.78 is 0. The fourth-order valence-electron chi connectivity index (χ4n) is 4.76. The molecular formula is C15H16Cl2O. The Labute approximate surface area is 117 Å². The number of hydrogen-bond donors (Lipinski definition) is 1. The second-order valence-electron chi connectivity index (χ2n) is 6.18. The zero-order chi connectivity index (χ0) is 12.4. The number of fused-ring (bicyclic) bond motifs is 5. The number of benzene rings is 1. The number of rotatable bonds is 2. The van der Waals surface area contributed by atoms with Crippen LogP contribution in [0.1, 0.15) is 30.9 Å². The molecule has 4 rings (SSSR count). The minimum atomic E-state index is -0.422. The third-order valence-electron chi connectivity index (χ3n) is 5.44. The summed E-state index contributed by atoms with van der Waals surface area (Å²) in [6.45, 7) is 0. The molecule has 3 aliphatic rings. The van der Waals surface area contributed by atoms with Crippen LogP contribution < -0.4 is 0 Å². The zero-order valence-electron chi connectivity index (χ0n) is 10.0. The van der Waals surface area contributed by atoms with Gasteiger partial charge in [-0.05, 0) is 67.1 Å². The fraction of sp³-hybridized carbons (Fsp3) is 0.600. The highest BCUT2D eigenvalue weighted by Crippen LogP contribution is 2.72. The van der Waals surface area contributed by atoms with Crippen LogP contribution in [0.2, 0.25) is 10.0 Å². The third-order valence-corrected chi connectivity index (χ3v) is 6.02. The van der Waals surface area contributed by atoms with Crippen molar-refractivity contribution in [3.8, 4) is 0 Å². The van der Waals surface area contributed by atoms with Crippen LogP contribution >= 0.6 is 23.2 Å². The smallest absolute Gasteiger partial charge is 0.0838 e. The van der Waals surface area contributed by atoms with Crippen molar-refractivity contribution >= 4 is 23.2 Å². The summed E-state index contributed by atoms with van der Waals surface area (Å²) in [5.74, 6) is 3.70. The van der Waals surface area contributed by atoms with Crippen molar-refractivity contribution in [3.05, 3.63) is 33.8 Å². The monoisotopic (exact) mass is 282 g/mol. The molecule has 0 radical (unpaired) electrons. The van der Waals surface area contributed by atoms with Gasteiger partial charge < -0.3 is 5.11 Å². The quantitative estimate of drug-likeness (QED) is 0.857. The maximum atomic E-state index is 10.6. The van der Waals surface area contributed by atoms with E-state index >= 15 is 0 Å². The fourth-order valence-corrected chi connectivity index (χ4v) is 5.17. The standard InChI is InChI=1S/C15H16Cl2O/c16-9-3-4-11(17)10(6-9)15(18)14-12-7-1-2-8(5-7)13(12)14/h3-4,6-8,12-15,18H,1-2,5H2. The van der Waals surface area contributed by atoms with Gasteiger partial charge in [0.25, 0.3) is 0 Å². The average molecular weight is 283 g/mol. The number of aliphatic hydroxyl groups is 1. The van der Waals surface area contributed by atoms with Crippen LogP contribution in [0.25, 0.3) is 0 Å². The summed E-state index contributed by atoms with van der Waals surface area (Å²) in [5.41, 5.74) is 0.822. The molecule has 5 unspecified atom stereocenters. The van der Waals surface area contributed by atoms with Crippen molar-refractivity contribution in [2.24, 2.45) is 29.6 Å². The van der Waals surface area contributed by atoms with Gasteiger partial charge in [0.15, 0.2) is 0 Å². The lowest BCUT2D eigenvalue weighted by Crippen LogP contribution is -2.08. The molecule has 1 aromatic carbocycles. The molecule has 5 atom stereocenters. The van der Waals surface area contributed by atoms with E-state index in [9.17, 15) is 5.11 Å². The van der Waals surface area contributed by atoms with Gasteiger partial charge in [-0.2, -0.15) is 0 Å². The first kappa shape index (κ1) is 11.6. The maximum Gasteiger partial charge on any atom is 0.0838 e. The molecule has 1 nitrogen and oxygen atoms in total. The molecule has 0 aliphatic heterocycles. The topological polar surface area (TPSA) is 20.2 Å². The van der Waals surface area contributed by atoms with Crippen molar-refractivity contribution in [2.75, 3.05) is 0 Å². The van der Waals surface area contributed by atoms with E-state index in [4.69, 9.17) is 23.2 Å². The van der Waals surface area contributed by atoms with Crippen molar-refractivity contribution in [3.63, 3.8) is 0 Å². The van der Waals surface area contributed by atoms with E-state index in [-0.39, 0.29) is 0 Å². The van der Waals surface area contributed by atoms with Gasteiger partial charge in [-0.25, -0.2) is 0 Å². The Balaban J connectivity index is 1.61. The molecule has 3 fully saturated rings. The van der Waals surface area contributed by atoms with E-state index in [2.05, 4.69) is 0 Å². The Hall–Kier alpha value is -0.240. The number of halogens is 2. The third kappa shape index (κ3) is 1.51.